The van der Waals surface area contributed by atoms with Crippen LogP contribution in [0.2, 0.25) is 0 Å². The third-order valence-electron chi connectivity index (χ3n) is 3.46. The number of hydrogen-bond acceptors (Lipinski definition) is 4. The summed E-state index contributed by atoms with van der Waals surface area (Å²) in [5, 5.41) is 6.81. The molecule has 1 heterocycles. The Morgan fingerprint density at radius 2 is 1.89 bits per heavy atom. The number of aromatic nitrogens is 2. The van der Waals surface area contributed by atoms with Gasteiger partial charge in [0.05, 0.1) is 0 Å². The Bertz CT molecular complexity index is 432. The van der Waals surface area contributed by atoms with E-state index in [4.69, 9.17) is 0 Å². The summed E-state index contributed by atoms with van der Waals surface area (Å²) < 4.78 is 0. The maximum atomic E-state index is 4.67. The largest absolute Gasteiger partial charge is 0.370 e. The average molecular weight is 262 g/mol. The fraction of sp³-hybridized carbons (Fsp3) is 0.733. The molecule has 0 spiro atoms. The van der Waals surface area contributed by atoms with Crippen molar-refractivity contribution in [1.29, 1.82) is 0 Å². The van der Waals surface area contributed by atoms with Crippen LogP contribution in [0.15, 0.2) is 6.07 Å². The lowest BCUT2D eigenvalue weighted by Gasteiger charge is -2.21. The number of nitrogens with zero attached hydrogens (tertiary/aromatic N) is 2. The number of nitrogens with one attached hydrogen (secondary N) is 2. The van der Waals surface area contributed by atoms with E-state index >= 15 is 0 Å². The van der Waals surface area contributed by atoms with Crippen molar-refractivity contribution < 1.29 is 0 Å². The van der Waals surface area contributed by atoms with E-state index in [1.807, 2.05) is 6.07 Å². The molecule has 4 heteroatoms. The van der Waals surface area contributed by atoms with Gasteiger partial charge in [-0.05, 0) is 32.6 Å². The predicted molar refractivity (Wildman–Crippen MR) is 80.7 cm³/mol. The number of hydrogen-bond donors (Lipinski definition) is 2. The number of rotatable bonds is 5. The van der Waals surface area contributed by atoms with E-state index in [9.17, 15) is 0 Å². The third kappa shape index (κ3) is 3.82. The molecule has 1 saturated carbocycles. The summed E-state index contributed by atoms with van der Waals surface area (Å²) in [7, 11) is 0. The van der Waals surface area contributed by atoms with Crippen molar-refractivity contribution in [2.75, 3.05) is 17.2 Å². The Balaban J connectivity index is 2.22. The Hall–Kier alpha value is -1.32. The molecule has 1 unspecified atom stereocenters. The fourth-order valence-corrected chi connectivity index (χ4v) is 2.08. The van der Waals surface area contributed by atoms with E-state index in [-0.39, 0.29) is 5.41 Å². The van der Waals surface area contributed by atoms with Gasteiger partial charge in [0.25, 0.3) is 0 Å². The van der Waals surface area contributed by atoms with Gasteiger partial charge in [0, 0.05) is 24.1 Å². The Labute approximate surface area is 116 Å². The highest BCUT2D eigenvalue weighted by Crippen LogP contribution is 2.34. The Kier molecular flexibility index (Phi) is 3.97. The lowest BCUT2D eigenvalue weighted by molar-refractivity contribution is 0.545. The minimum atomic E-state index is -0.0370. The molecule has 0 amide bonds. The van der Waals surface area contributed by atoms with Crippen LogP contribution in [0.25, 0.3) is 0 Å². The molecule has 19 heavy (non-hydrogen) atoms. The van der Waals surface area contributed by atoms with Crippen LogP contribution in [0.4, 0.5) is 11.6 Å². The quantitative estimate of drug-likeness (QED) is 0.853. The maximum Gasteiger partial charge on any atom is 0.138 e. The lowest BCUT2D eigenvalue weighted by atomic mass is 9.96. The minimum Gasteiger partial charge on any atom is -0.370 e. The van der Waals surface area contributed by atoms with Crippen LogP contribution < -0.4 is 10.6 Å². The van der Waals surface area contributed by atoms with Crippen LogP contribution in [0.1, 0.15) is 53.3 Å². The maximum absolute atomic E-state index is 4.67. The summed E-state index contributed by atoms with van der Waals surface area (Å²) in [6.07, 6.45) is 2.68. The SMILES string of the molecule is CCNc1cc(NC(C)C2CC2)nc(C(C)(C)C)n1. The molecule has 0 saturated heterocycles. The van der Waals surface area contributed by atoms with Crippen molar-refractivity contribution in [3.63, 3.8) is 0 Å². The van der Waals surface area contributed by atoms with Gasteiger partial charge in [0.1, 0.15) is 17.5 Å². The molecule has 1 fully saturated rings. The molecule has 4 nitrogen and oxygen atoms in total. The highest BCUT2D eigenvalue weighted by Gasteiger charge is 2.28. The van der Waals surface area contributed by atoms with Crippen molar-refractivity contribution in [1.82, 2.24) is 9.97 Å². The van der Waals surface area contributed by atoms with Gasteiger partial charge in [-0.1, -0.05) is 20.8 Å². The van der Waals surface area contributed by atoms with E-state index in [1.165, 1.54) is 12.8 Å². The summed E-state index contributed by atoms with van der Waals surface area (Å²) >= 11 is 0. The predicted octanol–water partition coefficient (Wildman–Crippen LogP) is 3.42. The van der Waals surface area contributed by atoms with Crippen LogP contribution >= 0.6 is 0 Å². The summed E-state index contributed by atoms with van der Waals surface area (Å²) in [5.41, 5.74) is -0.0370. The molecular weight excluding hydrogens is 236 g/mol. The highest BCUT2D eigenvalue weighted by molar-refractivity contribution is 5.48. The molecule has 106 valence electrons. The van der Waals surface area contributed by atoms with Crippen LogP contribution in [-0.2, 0) is 5.41 Å². The first-order chi connectivity index (χ1) is 8.90. The van der Waals surface area contributed by atoms with Crippen LogP contribution in [0.5, 0.6) is 0 Å². The van der Waals surface area contributed by atoms with Gasteiger partial charge in [0.2, 0.25) is 0 Å². The summed E-state index contributed by atoms with van der Waals surface area (Å²) in [5.74, 6) is 3.55. The van der Waals surface area contributed by atoms with E-state index in [0.29, 0.717) is 6.04 Å². The van der Waals surface area contributed by atoms with Crippen LogP contribution in [0.3, 0.4) is 0 Å². The zero-order valence-electron chi connectivity index (χ0n) is 12.7. The van der Waals surface area contributed by atoms with E-state index in [0.717, 1.165) is 29.9 Å². The topological polar surface area (TPSA) is 49.8 Å². The summed E-state index contributed by atoms with van der Waals surface area (Å²) in [6.45, 7) is 11.6. The van der Waals surface area contributed by atoms with Crippen LogP contribution in [-0.4, -0.2) is 22.6 Å². The Morgan fingerprint density at radius 1 is 1.26 bits per heavy atom. The molecule has 1 aromatic rings. The smallest absolute Gasteiger partial charge is 0.138 e. The Morgan fingerprint density at radius 3 is 2.42 bits per heavy atom. The molecular formula is C15H26N4. The van der Waals surface area contributed by atoms with Crippen molar-refractivity contribution >= 4 is 11.6 Å². The van der Waals surface area contributed by atoms with Gasteiger partial charge >= 0.3 is 0 Å². The van der Waals surface area contributed by atoms with Crippen LogP contribution in [0, 0.1) is 5.92 Å². The molecule has 0 radical (unpaired) electrons. The minimum absolute atomic E-state index is 0.0370. The molecule has 1 aliphatic carbocycles. The molecule has 2 rings (SSSR count). The molecule has 1 aliphatic rings. The zero-order valence-corrected chi connectivity index (χ0v) is 12.7. The van der Waals surface area contributed by atoms with E-state index in [1.54, 1.807) is 0 Å². The second-order valence-corrected chi connectivity index (χ2v) is 6.51. The van der Waals surface area contributed by atoms with Crippen molar-refractivity contribution in [3.05, 3.63) is 11.9 Å². The van der Waals surface area contributed by atoms with Crippen molar-refractivity contribution in [2.45, 2.75) is 58.9 Å². The standard InChI is InChI=1S/C15H26N4/c1-6-16-12-9-13(17-10(2)11-7-8-11)19-14(18-12)15(3,4)5/h9-11H,6-8H2,1-5H3,(H2,16,17,18,19). The van der Waals surface area contributed by atoms with Gasteiger partial charge < -0.3 is 10.6 Å². The van der Waals surface area contributed by atoms with Gasteiger partial charge in [-0.25, -0.2) is 9.97 Å². The monoisotopic (exact) mass is 262 g/mol. The van der Waals surface area contributed by atoms with E-state index in [2.05, 4.69) is 55.2 Å². The van der Waals surface area contributed by atoms with Gasteiger partial charge in [-0.15, -0.1) is 0 Å². The molecule has 1 atom stereocenters. The first-order valence-corrected chi connectivity index (χ1v) is 7.30. The van der Waals surface area contributed by atoms with Gasteiger partial charge in [0.15, 0.2) is 0 Å². The van der Waals surface area contributed by atoms with Crippen molar-refractivity contribution in [2.24, 2.45) is 5.92 Å². The fourth-order valence-electron chi connectivity index (χ4n) is 2.08. The first kappa shape index (κ1) is 14.1. The van der Waals surface area contributed by atoms with Gasteiger partial charge in [-0.3, -0.25) is 0 Å². The summed E-state index contributed by atoms with van der Waals surface area (Å²) in [6, 6.07) is 2.51. The first-order valence-electron chi connectivity index (χ1n) is 7.30. The number of anilines is 2. The van der Waals surface area contributed by atoms with E-state index < -0.39 is 0 Å². The lowest BCUT2D eigenvalue weighted by Crippen LogP contribution is -2.22. The average Bonchev–Trinajstić information content (AvgIpc) is 3.11. The molecule has 1 aromatic heterocycles. The van der Waals surface area contributed by atoms with Crippen molar-refractivity contribution in [3.8, 4) is 0 Å². The zero-order chi connectivity index (χ0) is 14.0. The molecule has 0 aromatic carbocycles. The third-order valence-corrected chi connectivity index (χ3v) is 3.46. The molecule has 0 bridgehead atoms. The normalized spacial score (nSPS) is 17.1. The molecule has 2 N–H and O–H groups in total. The summed E-state index contributed by atoms with van der Waals surface area (Å²) in [4.78, 5) is 9.27. The highest BCUT2D eigenvalue weighted by atomic mass is 15.1. The second-order valence-electron chi connectivity index (χ2n) is 6.51. The van der Waals surface area contributed by atoms with Gasteiger partial charge in [-0.2, -0.15) is 0 Å². The molecule has 0 aliphatic heterocycles. The second kappa shape index (κ2) is 5.35.